The number of Topliss-reactive ketones (excluding diaryl/α,β-unsaturated/α-hetero) is 1. The van der Waals surface area contributed by atoms with Crippen molar-refractivity contribution in [3.63, 3.8) is 0 Å². The van der Waals surface area contributed by atoms with Gasteiger partial charge >= 0.3 is 0 Å². The van der Waals surface area contributed by atoms with Crippen molar-refractivity contribution in [1.82, 2.24) is 9.80 Å². The number of hydrogen-bond donors (Lipinski definition) is 1. The summed E-state index contributed by atoms with van der Waals surface area (Å²) in [4.78, 5) is 30.9. The van der Waals surface area contributed by atoms with E-state index in [1.165, 1.54) is 18.4 Å². The van der Waals surface area contributed by atoms with Crippen molar-refractivity contribution in [2.24, 2.45) is 0 Å². The fourth-order valence-electron chi connectivity index (χ4n) is 4.32. The van der Waals surface area contributed by atoms with Crippen LogP contribution in [0.15, 0.2) is 47.0 Å². The summed E-state index contributed by atoms with van der Waals surface area (Å²) in [5.74, 6) is -0.332. The molecule has 0 radical (unpaired) electrons. The minimum absolute atomic E-state index is 0.0698. The third-order valence-electron chi connectivity index (χ3n) is 6.00. The number of methoxy groups -OCH3 is 2. The lowest BCUT2D eigenvalue weighted by Crippen LogP contribution is -2.39. The summed E-state index contributed by atoms with van der Waals surface area (Å²) < 4.78 is 16.4. The van der Waals surface area contributed by atoms with Crippen molar-refractivity contribution in [3.8, 4) is 11.5 Å². The molecule has 1 atom stereocenters. The fraction of sp³-hybridized carbons (Fsp3) is 0.417. The van der Waals surface area contributed by atoms with Gasteiger partial charge in [0.05, 0.1) is 43.9 Å². The Morgan fingerprint density at radius 3 is 2.64 bits per heavy atom. The number of carbonyl (C=O) groups excluding carboxylic acids is 2. The van der Waals surface area contributed by atoms with Crippen LogP contribution in [0.4, 0.5) is 0 Å². The van der Waals surface area contributed by atoms with Crippen LogP contribution in [0, 0.1) is 0 Å². The standard InChI is InChI=1S/C24H28N2O6S/c1-30-16-6-7-18(31-2)17(15-16)21-20(22(27)19-5-3-14-33-19)23(28)24(29)26(21)9-4-8-25-10-12-32-13-11-25/h3,5-7,14-15,21,28H,4,8-13H2,1-2H3/t21-/m1/s1. The third kappa shape index (κ3) is 4.75. The Morgan fingerprint density at radius 1 is 1.18 bits per heavy atom. The molecule has 2 aliphatic rings. The van der Waals surface area contributed by atoms with Gasteiger partial charge in [-0.25, -0.2) is 0 Å². The maximum absolute atomic E-state index is 13.4. The Bertz CT molecular complexity index is 1030. The number of rotatable bonds is 9. The van der Waals surface area contributed by atoms with Gasteiger partial charge in [0.1, 0.15) is 11.5 Å². The summed E-state index contributed by atoms with van der Waals surface area (Å²) in [5.41, 5.74) is 0.668. The van der Waals surface area contributed by atoms with E-state index in [-0.39, 0.29) is 11.4 Å². The van der Waals surface area contributed by atoms with Crippen molar-refractivity contribution >= 4 is 23.0 Å². The van der Waals surface area contributed by atoms with Crippen molar-refractivity contribution < 1.29 is 28.9 Å². The molecular formula is C24H28N2O6S. The van der Waals surface area contributed by atoms with Gasteiger partial charge in [0.25, 0.3) is 5.91 Å². The molecule has 1 saturated heterocycles. The van der Waals surface area contributed by atoms with Crippen LogP contribution in [0.3, 0.4) is 0 Å². The molecule has 4 rings (SSSR count). The number of aliphatic hydroxyl groups excluding tert-OH is 1. The molecule has 1 amide bonds. The van der Waals surface area contributed by atoms with Crippen LogP contribution >= 0.6 is 11.3 Å². The quantitative estimate of drug-likeness (QED) is 0.561. The van der Waals surface area contributed by atoms with Crippen molar-refractivity contribution in [2.75, 3.05) is 53.6 Å². The molecule has 0 spiro atoms. The van der Waals surface area contributed by atoms with Crippen LogP contribution in [0.25, 0.3) is 0 Å². The average molecular weight is 473 g/mol. The zero-order valence-electron chi connectivity index (χ0n) is 18.8. The molecule has 2 aromatic rings. The fourth-order valence-corrected chi connectivity index (χ4v) is 5.00. The largest absolute Gasteiger partial charge is 0.503 e. The maximum Gasteiger partial charge on any atom is 0.290 e. The monoisotopic (exact) mass is 472 g/mol. The normalized spacial score (nSPS) is 19.3. The molecule has 9 heteroatoms. The Hall–Kier alpha value is -2.88. The predicted octanol–water partition coefficient (Wildman–Crippen LogP) is 3.07. The number of morpholine rings is 1. The van der Waals surface area contributed by atoms with Gasteiger partial charge in [-0.3, -0.25) is 14.5 Å². The third-order valence-corrected chi connectivity index (χ3v) is 6.87. The van der Waals surface area contributed by atoms with Gasteiger partial charge in [-0.2, -0.15) is 0 Å². The Morgan fingerprint density at radius 2 is 1.97 bits per heavy atom. The Kier molecular flexibility index (Phi) is 7.32. The summed E-state index contributed by atoms with van der Waals surface area (Å²) in [6, 6.07) is 7.94. The summed E-state index contributed by atoms with van der Waals surface area (Å²) in [6.07, 6.45) is 0.697. The molecule has 33 heavy (non-hydrogen) atoms. The number of carbonyl (C=O) groups is 2. The zero-order chi connectivity index (χ0) is 23.4. The lowest BCUT2D eigenvalue weighted by atomic mass is 9.94. The minimum atomic E-state index is -0.776. The number of benzene rings is 1. The number of amides is 1. The first kappa shape index (κ1) is 23.3. The molecule has 0 aliphatic carbocycles. The number of thiophene rings is 1. The van der Waals surface area contributed by atoms with Crippen LogP contribution in [-0.2, 0) is 9.53 Å². The highest BCUT2D eigenvalue weighted by atomic mass is 32.1. The van der Waals surface area contributed by atoms with E-state index >= 15 is 0 Å². The average Bonchev–Trinajstić information content (AvgIpc) is 3.47. The molecule has 0 unspecified atom stereocenters. The van der Waals surface area contributed by atoms with Crippen LogP contribution < -0.4 is 9.47 Å². The van der Waals surface area contributed by atoms with Gasteiger partial charge in [0.15, 0.2) is 5.76 Å². The second-order valence-electron chi connectivity index (χ2n) is 7.89. The van der Waals surface area contributed by atoms with E-state index in [1.54, 1.807) is 47.7 Å². The molecule has 2 aliphatic heterocycles. The summed E-state index contributed by atoms with van der Waals surface area (Å²) >= 11 is 1.27. The van der Waals surface area contributed by atoms with Crippen molar-refractivity contribution in [1.29, 1.82) is 0 Å². The predicted molar refractivity (Wildman–Crippen MR) is 124 cm³/mol. The molecule has 0 saturated carbocycles. The van der Waals surface area contributed by atoms with E-state index in [4.69, 9.17) is 14.2 Å². The van der Waals surface area contributed by atoms with E-state index < -0.39 is 17.7 Å². The van der Waals surface area contributed by atoms with Crippen LogP contribution in [0.1, 0.15) is 27.7 Å². The molecule has 1 N–H and O–H groups in total. The van der Waals surface area contributed by atoms with Crippen LogP contribution in [0.5, 0.6) is 11.5 Å². The van der Waals surface area contributed by atoms with E-state index in [0.29, 0.717) is 48.1 Å². The highest BCUT2D eigenvalue weighted by Gasteiger charge is 2.45. The van der Waals surface area contributed by atoms with E-state index in [1.807, 2.05) is 0 Å². The summed E-state index contributed by atoms with van der Waals surface area (Å²) in [6.45, 7) is 4.29. The van der Waals surface area contributed by atoms with E-state index in [9.17, 15) is 14.7 Å². The molecule has 176 valence electrons. The number of ether oxygens (including phenoxy) is 3. The molecule has 8 nitrogen and oxygen atoms in total. The Labute approximate surface area is 197 Å². The molecule has 3 heterocycles. The molecule has 1 aromatic carbocycles. The van der Waals surface area contributed by atoms with Gasteiger partial charge in [-0.1, -0.05) is 6.07 Å². The van der Waals surface area contributed by atoms with Gasteiger partial charge in [0, 0.05) is 31.7 Å². The highest BCUT2D eigenvalue weighted by molar-refractivity contribution is 7.12. The number of nitrogens with zero attached hydrogens (tertiary/aromatic N) is 2. The SMILES string of the molecule is COc1ccc(OC)c([C@@H]2C(C(=O)c3cccs3)=C(O)C(=O)N2CCCN2CCOCC2)c1. The second kappa shape index (κ2) is 10.4. The highest BCUT2D eigenvalue weighted by Crippen LogP contribution is 2.44. The minimum Gasteiger partial charge on any atom is -0.503 e. The topological polar surface area (TPSA) is 88.5 Å². The first-order chi connectivity index (χ1) is 16.0. The smallest absolute Gasteiger partial charge is 0.290 e. The van der Waals surface area contributed by atoms with Crippen LogP contribution in [0.2, 0.25) is 0 Å². The lowest BCUT2D eigenvalue weighted by Gasteiger charge is -2.30. The first-order valence-electron chi connectivity index (χ1n) is 10.9. The molecule has 0 bridgehead atoms. The lowest BCUT2D eigenvalue weighted by molar-refractivity contribution is -0.129. The summed E-state index contributed by atoms with van der Waals surface area (Å²) in [5, 5.41) is 12.6. The molecular weight excluding hydrogens is 444 g/mol. The van der Waals surface area contributed by atoms with Crippen molar-refractivity contribution in [3.05, 3.63) is 57.5 Å². The van der Waals surface area contributed by atoms with Crippen molar-refractivity contribution in [2.45, 2.75) is 12.5 Å². The van der Waals surface area contributed by atoms with E-state index in [2.05, 4.69) is 4.90 Å². The molecule has 1 aromatic heterocycles. The number of aliphatic hydroxyl groups is 1. The van der Waals surface area contributed by atoms with Gasteiger partial charge < -0.3 is 24.2 Å². The second-order valence-corrected chi connectivity index (χ2v) is 8.83. The van der Waals surface area contributed by atoms with E-state index in [0.717, 1.165) is 19.6 Å². The molecule has 1 fully saturated rings. The van der Waals surface area contributed by atoms with Gasteiger partial charge in [-0.15, -0.1) is 11.3 Å². The zero-order valence-corrected chi connectivity index (χ0v) is 19.6. The Balaban J connectivity index is 1.68. The van der Waals surface area contributed by atoms with Gasteiger partial charge in [0.2, 0.25) is 5.78 Å². The van der Waals surface area contributed by atoms with Gasteiger partial charge in [-0.05, 0) is 36.1 Å². The summed E-state index contributed by atoms with van der Waals surface area (Å²) in [7, 11) is 3.09. The van der Waals surface area contributed by atoms with Crippen LogP contribution in [-0.4, -0.2) is 80.2 Å². The number of hydrogen-bond acceptors (Lipinski definition) is 8. The first-order valence-corrected chi connectivity index (χ1v) is 11.8. The number of ketones is 1. The maximum atomic E-state index is 13.4.